The highest BCUT2D eigenvalue weighted by molar-refractivity contribution is 5.42. The summed E-state index contributed by atoms with van der Waals surface area (Å²) in [4.78, 5) is 10.3. The second kappa shape index (κ2) is 3.98. The van der Waals surface area contributed by atoms with E-state index >= 15 is 0 Å². The molecule has 0 fully saturated rings. The topological polar surface area (TPSA) is 55.2 Å². The van der Waals surface area contributed by atoms with Crippen LogP contribution in [0.15, 0.2) is 18.2 Å². The van der Waals surface area contributed by atoms with Crippen LogP contribution in [0.25, 0.3) is 0 Å². The van der Waals surface area contributed by atoms with Gasteiger partial charge < -0.3 is 5.32 Å². The molecule has 1 aromatic carbocycles. The van der Waals surface area contributed by atoms with E-state index in [4.69, 9.17) is 0 Å². The number of nitro groups is 1. The van der Waals surface area contributed by atoms with E-state index < -0.39 is 0 Å². The van der Waals surface area contributed by atoms with E-state index in [1.165, 1.54) is 5.56 Å². The molecule has 1 aromatic rings. The zero-order valence-corrected chi connectivity index (χ0v) is 8.69. The summed E-state index contributed by atoms with van der Waals surface area (Å²) in [5.41, 5.74) is 2.53. The first kappa shape index (κ1) is 10.1. The SMILES string of the molecule is CNC1CCCc2ccc([N+](=O)[O-])cc21. The van der Waals surface area contributed by atoms with Crippen LogP contribution in [0.3, 0.4) is 0 Å². The first-order chi connectivity index (χ1) is 7.22. The van der Waals surface area contributed by atoms with Crippen LogP contribution in [-0.2, 0) is 6.42 Å². The van der Waals surface area contributed by atoms with Gasteiger partial charge in [0.15, 0.2) is 0 Å². The zero-order chi connectivity index (χ0) is 10.8. The van der Waals surface area contributed by atoms with E-state index in [1.807, 2.05) is 13.1 Å². The average molecular weight is 206 g/mol. The van der Waals surface area contributed by atoms with Crippen LogP contribution in [0.1, 0.15) is 30.0 Å². The summed E-state index contributed by atoms with van der Waals surface area (Å²) >= 11 is 0. The van der Waals surface area contributed by atoms with Crippen molar-refractivity contribution in [3.63, 3.8) is 0 Å². The second-order valence-corrected chi connectivity index (χ2v) is 3.87. The lowest BCUT2D eigenvalue weighted by Crippen LogP contribution is -2.21. The van der Waals surface area contributed by atoms with Gasteiger partial charge >= 0.3 is 0 Å². The van der Waals surface area contributed by atoms with Crippen molar-refractivity contribution >= 4 is 5.69 Å². The Morgan fingerprint density at radius 3 is 3.00 bits per heavy atom. The number of nitrogens with one attached hydrogen (secondary N) is 1. The summed E-state index contributed by atoms with van der Waals surface area (Å²) in [6.45, 7) is 0. The number of nitrogens with zero attached hydrogens (tertiary/aromatic N) is 1. The average Bonchev–Trinajstić information content (AvgIpc) is 2.27. The highest BCUT2D eigenvalue weighted by Gasteiger charge is 2.21. The number of non-ortho nitro benzene ring substituents is 1. The molecule has 0 radical (unpaired) electrons. The van der Waals surface area contributed by atoms with Gasteiger partial charge in [0.2, 0.25) is 0 Å². The molecule has 0 aromatic heterocycles. The molecule has 4 nitrogen and oxygen atoms in total. The van der Waals surface area contributed by atoms with Gasteiger partial charge in [-0.25, -0.2) is 0 Å². The van der Waals surface area contributed by atoms with E-state index in [-0.39, 0.29) is 16.7 Å². The Bertz CT molecular complexity index is 390. The molecule has 1 unspecified atom stereocenters. The molecule has 0 aliphatic heterocycles. The maximum Gasteiger partial charge on any atom is 0.269 e. The van der Waals surface area contributed by atoms with E-state index in [1.54, 1.807) is 12.1 Å². The standard InChI is InChI=1S/C11H14N2O2/c1-12-11-4-2-3-8-5-6-9(13(14)15)7-10(8)11/h5-7,11-12H,2-4H2,1H3. The molecule has 1 atom stereocenters. The Labute approximate surface area is 88.5 Å². The second-order valence-electron chi connectivity index (χ2n) is 3.87. The maximum absolute atomic E-state index is 10.7. The summed E-state index contributed by atoms with van der Waals surface area (Å²) in [6, 6.07) is 5.46. The van der Waals surface area contributed by atoms with Gasteiger partial charge in [-0.3, -0.25) is 10.1 Å². The molecule has 2 rings (SSSR count). The van der Waals surface area contributed by atoms with Crippen molar-refractivity contribution in [3.8, 4) is 0 Å². The number of hydrogen-bond acceptors (Lipinski definition) is 3. The fourth-order valence-electron chi connectivity index (χ4n) is 2.20. The third-order valence-electron chi connectivity index (χ3n) is 3.00. The fourth-order valence-corrected chi connectivity index (χ4v) is 2.20. The van der Waals surface area contributed by atoms with Gasteiger partial charge in [-0.2, -0.15) is 0 Å². The van der Waals surface area contributed by atoms with E-state index in [0.717, 1.165) is 24.8 Å². The molecule has 0 spiro atoms. The molecule has 1 N–H and O–H groups in total. The molecule has 0 saturated carbocycles. The quantitative estimate of drug-likeness (QED) is 0.596. The van der Waals surface area contributed by atoms with Crippen LogP contribution in [0.4, 0.5) is 5.69 Å². The molecule has 1 aliphatic rings. The van der Waals surface area contributed by atoms with Crippen LogP contribution >= 0.6 is 0 Å². The van der Waals surface area contributed by atoms with E-state index in [0.29, 0.717) is 0 Å². The van der Waals surface area contributed by atoms with Crippen LogP contribution in [0.5, 0.6) is 0 Å². The van der Waals surface area contributed by atoms with Crippen molar-refractivity contribution in [2.75, 3.05) is 7.05 Å². The van der Waals surface area contributed by atoms with Crippen LogP contribution in [0.2, 0.25) is 0 Å². The minimum atomic E-state index is -0.332. The zero-order valence-electron chi connectivity index (χ0n) is 8.69. The molecule has 80 valence electrons. The summed E-state index contributed by atoms with van der Waals surface area (Å²) in [7, 11) is 1.90. The Balaban J connectivity index is 2.43. The van der Waals surface area contributed by atoms with Crippen molar-refractivity contribution in [3.05, 3.63) is 39.4 Å². The first-order valence-electron chi connectivity index (χ1n) is 5.17. The number of fused-ring (bicyclic) bond motifs is 1. The van der Waals surface area contributed by atoms with Crippen LogP contribution < -0.4 is 5.32 Å². The highest BCUT2D eigenvalue weighted by atomic mass is 16.6. The monoisotopic (exact) mass is 206 g/mol. The van der Waals surface area contributed by atoms with Gasteiger partial charge in [0, 0.05) is 18.2 Å². The predicted molar refractivity (Wildman–Crippen MR) is 57.8 cm³/mol. The smallest absolute Gasteiger partial charge is 0.269 e. The van der Waals surface area contributed by atoms with Crippen molar-refractivity contribution < 1.29 is 4.92 Å². The normalized spacial score (nSPS) is 19.7. The van der Waals surface area contributed by atoms with Crippen molar-refractivity contribution in [1.82, 2.24) is 5.32 Å². The number of rotatable bonds is 2. The first-order valence-corrected chi connectivity index (χ1v) is 5.17. The molecule has 0 bridgehead atoms. The third-order valence-corrected chi connectivity index (χ3v) is 3.00. The molecular formula is C11H14N2O2. The van der Waals surface area contributed by atoms with Crippen LogP contribution in [-0.4, -0.2) is 12.0 Å². The highest BCUT2D eigenvalue weighted by Crippen LogP contribution is 2.31. The number of hydrogen-bond donors (Lipinski definition) is 1. The molecule has 0 saturated heterocycles. The summed E-state index contributed by atoms with van der Waals surface area (Å²) in [6.07, 6.45) is 3.24. The lowest BCUT2D eigenvalue weighted by atomic mass is 9.87. The van der Waals surface area contributed by atoms with E-state index in [2.05, 4.69) is 5.32 Å². The molecule has 1 aliphatic carbocycles. The number of aryl methyl sites for hydroxylation is 1. The van der Waals surface area contributed by atoms with Crippen molar-refractivity contribution in [2.45, 2.75) is 25.3 Å². The Morgan fingerprint density at radius 1 is 1.53 bits per heavy atom. The van der Waals surface area contributed by atoms with Gasteiger partial charge in [0.25, 0.3) is 5.69 Å². The minimum absolute atomic E-state index is 0.191. The lowest BCUT2D eigenvalue weighted by Gasteiger charge is -2.24. The maximum atomic E-state index is 10.7. The lowest BCUT2D eigenvalue weighted by molar-refractivity contribution is -0.385. The fraction of sp³-hybridized carbons (Fsp3) is 0.455. The van der Waals surface area contributed by atoms with Gasteiger partial charge in [-0.15, -0.1) is 0 Å². The third kappa shape index (κ3) is 1.85. The molecule has 0 amide bonds. The molecule has 15 heavy (non-hydrogen) atoms. The van der Waals surface area contributed by atoms with E-state index in [9.17, 15) is 10.1 Å². The summed E-state index contributed by atoms with van der Waals surface area (Å²) in [5.74, 6) is 0. The molecule has 0 heterocycles. The van der Waals surface area contributed by atoms with Crippen molar-refractivity contribution in [1.29, 1.82) is 0 Å². The van der Waals surface area contributed by atoms with Crippen LogP contribution in [0, 0.1) is 10.1 Å². The van der Waals surface area contributed by atoms with Crippen molar-refractivity contribution in [2.24, 2.45) is 0 Å². The molecule has 4 heteroatoms. The summed E-state index contributed by atoms with van der Waals surface area (Å²) < 4.78 is 0. The predicted octanol–water partition coefficient (Wildman–Crippen LogP) is 2.19. The number of nitro benzene ring substituents is 1. The Hall–Kier alpha value is -1.42. The minimum Gasteiger partial charge on any atom is -0.313 e. The number of benzene rings is 1. The van der Waals surface area contributed by atoms with Gasteiger partial charge in [0.1, 0.15) is 0 Å². The Kier molecular flexibility index (Phi) is 2.68. The molecular weight excluding hydrogens is 192 g/mol. The largest absolute Gasteiger partial charge is 0.313 e. The van der Waals surface area contributed by atoms with Gasteiger partial charge in [-0.05, 0) is 37.4 Å². The van der Waals surface area contributed by atoms with Gasteiger partial charge in [-0.1, -0.05) is 6.07 Å². The summed E-state index contributed by atoms with van der Waals surface area (Å²) in [5, 5.41) is 13.9. The Morgan fingerprint density at radius 2 is 2.33 bits per heavy atom. The van der Waals surface area contributed by atoms with Gasteiger partial charge in [0.05, 0.1) is 4.92 Å².